The molecule has 0 atom stereocenters. The van der Waals surface area contributed by atoms with Gasteiger partial charge in [0.1, 0.15) is 0 Å². The molecule has 0 saturated carbocycles. The summed E-state index contributed by atoms with van der Waals surface area (Å²) >= 11 is 1.71. The first-order valence-corrected chi connectivity index (χ1v) is 18.0. The molecule has 7 aromatic carbocycles. The number of rotatable bonds is 2. The summed E-state index contributed by atoms with van der Waals surface area (Å²) in [6.07, 6.45) is 0. The summed E-state index contributed by atoms with van der Waals surface area (Å²) < 4.78 is 56.0. The molecule has 5 heteroatoms. The van der Waals surface area contributed by atoms with Crippen molar-refractivity contribution in [2.45, 2.75) is 13.7 Å². The fourth-order valence-corrected chi connectivity index (χ4v) is 10.4. The van der Waals surface area contributed by atoms with Crippen molar-refractivity contribution in [3.8, 4) is 11.4 Å². The second-order valence-corrected chi connectivity index (χ2v) is 14.8. The third-order valence-electron chi connectivity index (χ3n) is 11.1. The molecule has 3 nitrogen and oxygen atoms in total. The van der Waals surface area contributed by atoms with Crippen molar-refractivity contribution >= 4 is 105 Å². The van der Waals surface area contributed by atoms with Gasteiger partial charge in [-0.25, -0.2) is 0 Å². The molecule has 5 heterocycles. The molecule has 0 bridgehead atoms. The van der Waals surface area contributed by atoms with Crippen LogP contribution in [0.25, 0.3) is 65.1 Å². The van der Waals surface area contributed by atoms with Gasteiger partial charge < -0.3 is 14.0 Å². The highest BCUT2D eigenvalue weighted by Crippen LogP contribution is 2.47. The zero-order valence-electron chi connectivity index (χ0n) is 33.2. The van der Waals surface area contributed by atoms with E-state index in [0.717, 1.165) is 65.3 Å². The van der Waals surface area contributed by atoms with Crippen LogP contribution in [0.2, 0.25) is 0 Å². The lowest BCUT2D eigenvalue weighted by Gasteiger charge is -2.38. The third kappa shape index (κ3) is 3.54. The van der Waals surface area contributed by atoms with E-state index in [1.807, 2.05) is 24.3 Å². The second kappa shape index (κ2) is 9.81. The number of fused-ring (bicyclic) bond motifs is 12. The molecular weight excluding hydrogens is 637 g/mol. The smallest absolute Gasteiger partial charge is 0.264 e. The number of hydrogen-bond acceptors (Lipinski definition) is 2. The van der Waals surface area contributed by atoms with Gasteiger partial charge in [0.25, 0.3) is 6.71 Å². The minimum Gasteiger partial charge on any atom is -0.310 e. The first-order chi connectivity index (χ1) is 27.6. The van der Waals surface area contributed by atoms with Crippen molar-refractivity contribution in [2.24, 2.45) is 0 Å². The number of anilines is 3. The maximum atomic E-state index is 8.29. The van der Waals surface area contributed by atoms with Crippen LogP contribution in [-0.2, 0) is 0 Å². The number of aryl methyl sites for hydroxylation is 2. The van der Waals surface area contributed by atoms with E-state index in [1.165, 1.54) is 32.5 Å². The van der Waals surface area contributed by atoms with Gasteiger partial charge in [-0.15, -0.1) is 11.3 Å². The largest absolute Gasteiger partial charge is 0.310 e. The highest BCUT2D eigenvalue weighted by Gasteiger charge is 2.44. The van der Waals surface area contributed by atoms with Gasteiger partial charge in [0, 0.05) is 72.9 Å². The zero-order valence-corrected chi connectivity index (χ0v) is 28.0. The van der Waals surface area contributed by atoms with E-state index in [0.29, 0.717) is 0 Å². The molecule has 0 radical (unpaired) electrons. The molecule has 2 aliphatic heterocycles. The van der Waals surface area contributed by atoms with E-state index in [4.69, 9.17) is 8.22 Å². The highest BCUT2D eigenvalue weighted by atomic mass is 32.1. The SMILES string of the molecule is [2H]C([2H])([2H])c1ccc(N2c3cccc4c3B(c3sc5ccc(C([2H])([2H])[2H])cc5c32)c2cccc3c5cc6c7ccccc7n(-c7ccccc7)c6cc5n-4c23)cc1. The number of thiophene rings is 1. The van der Waals surface area contributed by atoms with E-state index in [-0.39, 0.29) is 17.8 Å². The molecule has 10 aromatic rings. The average Bonchev–Trinajstić information content (AvgIpc) is 3.86. The Bertz CT molecular complexity index is 3340. The molecule has 0 spiro atoms. The van der Waals surface area contributed by atoms with Crippen LogP contribution in [0.15, 0.2) is 146 Å². The number of nitrogens with zero attached hydrogens (tertiary/aromatic N) is 3. The van der Waals surface area contributed by atoms with Crippen molar-refractivity contribution < 1.29 is 8.22 Å². The van der Waals surface area contributed by atoms with Crippen molar-refractivity contribution in [1.82, 2.24) is 9.13 Å². The summed E-state index contributed by atoms with van der Waals surface area (Å²) in [7, 11) is 0. The maximum Gasteiger partial charge on any atom is 0.264 e. The second-order valence-electron chi connectivity index (χ2n) is 13.7. The summed E-state index contributed by atoms with van der Waals surface area (Å²) in [6.45, 7) is -4.64. The predicted molar refractivity (Wildman–Crippen MR) is 219 cm³/mol. The topological polar surface area (TPSA) is 13.1 Å². The molecule has 12 rings (SSSR count). The predicted octanol–water partition coefficient (Wildman–Crippen LogP) is 10.3. The molecule has 51 heavy (non-hydrogen) atoms. The monoisotopic (exact) mass is 673 g/mol. The average molecular weight is 674 g/mol. The van der Waals surface area contributed by atoms with Crippen LogP contribution in [0.3, 0.4) is 0 Å². The van der Waals surface area contributed by atoms with Gasteiger partial charge in [-0.1, -0.05) is 90.0 Å². The van der Waals surface area contributed by atoms with Gasteiger partial charge in [0.05, 0.1) is 22.2 Å². The molecule has 3 aromatic heterocycles. The van der Waals surface area contributed by atoms with Gasteiger partial charge in [0.15, 0.2) is 0 Å². The van der Waals surface area contributed by atoms with Gasteiger partial charge in [-0.05, 0) is 91.4 Å². The number of benzene rings is 7. The van der Waals surface area contributed by atoms with E-state index < -0.39 is 13.7 Å². The summed E-state index contributed by atoms with van der Waals surface area (Å²) in [6, 6.07) is 49.6. The molecule has 0 aliphatic carbocycles. The van der Waals surface area contributed by atoms with Crippen LogP contribution >= 0.6 is 11.3 Å². The molecular formula is C46H30BN3S. The van der Waals surface area contributed by atoms with E-state index >= 15 is 0 Å². The Morgan fingerprint density at radius 1 is 0.529 bits per heavy atom. The van der Waals surface area contributed by atoms with Crippen molar-refractivity contribution in [1.29, 1.82) is 0 Å². The highest BCUT2D eigenvalue weighted by molar-refractivity contribution is 7.33. The molecule has 0 amide bonds. The van der Waals surface area contributed by atoms with Crippen molar-refractivity contribution in [3.05, 3.63) is 157 Å². The molecule has 238 valence electrons. The fourth-order valence-electron chi connectivity index (χ4n) is 9.08. The maximum absolute atomic E-state index is 8.29. The Balaban J connectivity index is 1.20. The Morgan fingerprint density at radius 3 is 2.16 bits per heavy atom. The van der Waals surface area contributed by atoms with Gasteiger partial charge in [-0.3, -0.25) is 0 Å². The lowest BCUT2D eigenvalue weighted by atomic mass is 9.36. The van der Waals surface area contributed by atoms with E-state index in [2.05, 4.69) is 117 Å². The Hall–Kier alpha value is -6.04. The zero-order chi connectivity index (χ0) is 38.5. The summed E-state index contributed by atoms with van der Waals surface area (Å²) in [5, 5.41) is 5.64. The van der Waals surface area contributed by atoms with Crippen LogP contribution in [0.4, 0.5) is 17.1 Å². The first kappa shape index (κ1) is 22.6. The van der Waals surface area contributed by atoms with Crippen LogP contribution in [0, 0.1) is 13.7 Å². The lowest BCUT2D eigenvalue weighted by Crippen LogP contribution is -2.59. The number of aromatic nitrogens is 2. The molecule has 0 N–H and O–H groups in total. The van der Waals surface area contributed by atoms with Crippen molar-refractivity contribution in [2.75, 3.05) is 4.90 Å². The van der Waals surface area contributed by atoms with Gasteiger partial charge >= 0.3 is 0 Å². The van der Waals surface area contributed by atoms with Crippen LogP contribution in [0.1, 0.15) is 19.4 Å². The summed E-state index contributed by atoms with van der Waals surface area (Å²) in [5.41, 5.74) is 12.4. The Morgan fingerprint density at radius 2 is 1.27 bits per heavy atom. The lowest BCUT2D eigenvalue weighted by molar-refractivity contribution is 1.16. The normalized spacial score (nSPS) is 15.5. The standard InChI is InChI=1S/C46H30BN3S/c1-27-18-21-30(22-19-27)49-38-16-9-17-39-43(38)47(46-45(49)35-24-28(2)20-23-42(35)51-46)36-14-8-13-32-34-25-33-31-12-6-7-15-37(31)48(29-10-4-3-5-11-29)40(33)26-41(34)50(39)44(32)36/h3-26H,1-2H3/i1D3,2D3. The van der Waals surface area contributed by atoms with Crippen molar-refractivity contribution in [3.63, 3.8) is 0 Å². The number of hydrogen-bond donors (Lipinski definition) is 0. The van der Waals surface area contributed by atoms with Gasteiger partial charge in [0.2, 0.25) is 0 Å². The van der Waals surface area contributed by atoms with Crippen LogP contribution in [0.5, 0.6) is 0 Å². The fraction of sp³-hybridized carbons (Fsp3) is 0.0435. The van der Waals surface area contributed by atoms with Gasteiger partial charge in [-0.2, -0.15) is 0 Å². The molecule has 0 fully saturated rings. The first-order valence-electron chi connectivity index (χ1n) is 20.2. The van der Waals surface area contributed by atoms with Crippen LogP contribution < -0.4 is 20.6 Å². The Kier molecular flexibility index (Phi) is 4.35. The Labute approximate surface area is 307 Å². The molecule has 2 aliphatic rings. The van der Waals surface area contributed by atoms with Crippen LogP contribution in [-0.4, -0.2) is 15.8 Å². The van der Waals surface area contributed by atoms with E-state index in [9.17, 15) is 0 Å². The molecule has 0 saturated heterocycles. The number of para-hydroxylation sites is 3. The third-order valence-corrected chi connectivity index (χ3v) is 12.3. The minimum absolute atomic E-state index is 0.119. The summed E-state index contributed by atoms with van der Waals surface area (Å²) in [5.74, 6) is 0. The summed E-state index contributed by atoms with van der Waals surface area (Å²) in [4.78, 5) is 2.22. The van der Waals surface area contributed by atoms with E-state index in [1.54, 1.807) is 29.5 Å². The minimum atomic E-state index is -2.27. The molecule has 0 unspecified atom stereocenters. The quantitative estimate of drug-likeness (QED) is 0.167.